The first-order valence-electron chi connectivity index (χ1n) is 6.82. The first kappa shape index (κ1) is 15.1. The molecule has 0 spiro atoms. The molecule has 0 radical (unpaired) electrons. The SMILES string of the molecule is CCNCC(CCCOCC)c1ccccc1F. The zero-order chi connectivity index (χ0) is 13.2. The summed E-state index contributed by atoms with van der Waals surface area (Å²) in [6, 6.07) is 7.07. The number of ether oxygens (including phenoxy) is 1. The molecule has 0 saturated carbocycles. The van der Waals surface area contributed by atoms with E-state index in [2.05, 4.69) is 12.2 Å². The molecule has 0 amide bonds. The number of hydrogen-bond acceptors (Lipinski definition) is 2. The number of halogens is 1. The molecule has 1 unspecified atom stereocenters. The summed E-state index contributed by atoms with van der Waals surface area (Å²) in [7, 11) is 0. The minimum atomic E-state index is -0.100. The van der Waals surface area contributed by atoms with Gasteiger partial charge in [-0.25, -0.2) is 4.39 Å². The summed E-state index contributed by atoms with van der Waals surface area (Å²) in [4.78, 5) is 0. The van der Waals surface area contributed by atoms with Crippen molar-refractivity contribution in [1.82, 2.24) is 5.32 Å². The van der Waals surface area contributed by atoms with Crippen molar-refractivity contribution >= 4 is 0 Å². The highest BCUT2D eigenvalue weighted by atomic mass is 19.1. The van der Waals surface area contributed by atoms with Crippen molar-refractivity contribution in [3.05, 3.63) is 35.6 Å². The lowest BCUT2D eigenvalue weighted by atomic mass is 9.93. The van der Waals surface area contributed by atoms with Gasteiger partial charge in [0, 0.05) is 19.8 Å². The van der Waals surface area contributed by atoms with Crippen LogP contribution in [-0.4, -0.2) is 26.3 Å². The molecule has 0 fully saturated rings. The van der Waals surface area contributed by atoms with Crippen LogP contribution < -0.4 is 5.32 Å². The van der Waals surface area contributed by atoms with E-state index in [9.17, 15) is 4.39 Å². The van der Waals surface area contributed by atoms with Crippen LogP contribution in [0.1, 0.15) is 38.2 Å². The molecule has 18 heavy (non-hydrogen) atoms. The summed E-state index contributed by atoms with van der Waals surface area (Å²) >= 11 is 0. The van der Waals surface area contributed by atoms with Crippen molar-refractivity contribution in [2.45, 2.75) is 32.6 Å². The van der Waals surface area contributed by atoms with Gasteiger partial charge in [0.2, 0.25) is 0 Å². The minimum Gasteiger partial charge on any atom is -0.382 e. The van der Waals surface area contributed by atoms with Gasteiger partial charge in [-0.2, -0.15) is 0 Å². The van der Waals surface area contributed by atoms with Crippen LogP contribution >= 0.6 is 0 Å². The normalized spacial score (nSPS) is 12.6. The van der Waals surface area contributed by atoms with E-state index in [1.54, 1.807) is 6.07 Å². The van der Waals surface area contributed by atoms with Crippen LogP contribution in [-0.2, 0) is 4.74 Å². The lowest BCUT2D eigenvalue weighted by Gasteiger charge is -2.18. The molecule has 1 rings (SSSR count). The molecule has 0 aliphatic heterocycles. The van der Waals surface area contributed by atoms with Gasteiger partial charge in [-0.05, 0) is 43.9 Å². The molecule has 0 aliphatic carbocycles. The zero-order valence-electron chi connectivity index (χ0n) is 11.4. The molecule has 0 heterocycles. The molecular formula is C15H24FNO. The first-order valence-corrected chi connectivity index (χ1v) is 6.82. The Labute approximate surface area is 110 Å². The van der Waals surface area contributed by atoms with Gasteiger partial charge in [0.1, 0.15) is 5.82 Å². The Balaban J connectivity index is 2.57. The summed E-state index contributed by atoms with van der Waals surface area (Å²) in [5.74, 6) is 0.128. The molecule has 1 aromatic rings. The van der Waals surface area contributed by atoms with Gasteiger partial charge in [-0.3, -0.25) is 0 Å². The fraction of sp³-hybridized carbons (Fsp3) is 0.600. The lowest BCUT2D eigenvalue weighted by Crippen LogP contribution is -2.22. The molecule has 102 valence electrons. The smallest absolute Gasteiger partial charge is 0.126 e. The van der Waals surface area contributed by atoms with Crippen LogP contribution in [0.25, 0.3) is 0 Å². The topological polar surface area (TPSA) is 21.3 Å². The highest BCUT2D eigenvalue weighted by Crippen LogP contribution is 2.23. The predicted octanol–water partition coefficient (Wildman–Crippen LogP) is 3.34. The average molecular weight is 253 g/mol. The number of hydrogen-bond donors (Lipinski definition) is 1. The van der Waals surface area contributed by atoms with Crippen molar-refractivity contribution in [1.29, 1.82) is 0 Å². The van der Waals surface area contributed by atoms with Crippen LogP contribution in [0, 0.1) is 5.82 Å². The molecule has 1 aromatic carbocycles. The molecule has 1 atom stereocenters. The van der Waals surface area contributed by atoms with Gasteiger partial charge >= 0.3 is 0 Å². The van der Waals surface area contributed by atoms with Crippen LogP contribution in [0.4, 0.5) is 4.39 Å². The Kier molecular flexibility index (Phi) is 7.62. The third-order valence-electron chi connectivity index (χ3n) is 3.03. The Morgan fingerprint density at radius 3 is 2.72 bits per heavy atom. The predicted molar refractivity (Wildman–Crippen MR) is 73.4 cm³/mol. The van der Waals surface area contributed by atoms with Gasteiger partial charge in [0.15, 0.2) is 0 Å². The standard InChI is InChI=1S/C15H24FNO/c1-3-17-12-13(8-7-11-18-4-2)14-9-5-6-10-15(14)16/h5-6,9-10,13,17H,3-4,7-8,11-12H2,1-2H3. The van der Waals surface area contributed by atoms with Crippen molar-refractivity contribution in [2.75, 3.05) is 26.3 Å². The molecular weight excluding hydrogens is 229 g/mol. The number of nitrogens with one attached hydrogen (secondary N) is 1. The fourth-order valence-electron chi connectivity index (χ4n) is 2.07. The van der Waals surface area contributed by atoms with Gasteiger partial charge in [0.25, 0.3) is 0 Å². The zero-order valence-corrected chi connectivity index (χ0v) is 11.4. The van der Waals surface area contributed by atoms with Crippen LogP contribution in [0.2, 0.25) is 0 Å². The Bertz CT molecular complexity index is 330. The van der Waals surface area contributed by atoms with E-state index in [1.807, 2.05) is 19.1 Å². The second kappa shape index (κ2) is 9.06. The first-order chi connectivity index (χ1) is 8.79. The van der Waals surface area contributed by atoms with E-state index in [0.717, 1.165) is 44.7 Å². The Morgan fingerprint density at radius 1 is 1.28 bits per heavy atom. The van der Waals surface area contributed by atoms with Crippen molar-refractivity contribution < 1.29 is 9.13 Å². The number of rotatable bonds is 9. The van der Waals surface area contributed by atoms with Crippen LogP contribution in [0.15, 0.2) is 24.3 Å². The summed E-state index contributed by atoms with van der Waals surface area (Å²) < 4.78 is 19.1. The van der Waals surface area contributed by atoms with E-state index in [1.165, 1.54) is 6.07 Å². The molecule has 3 heteroatoms. The largest absolute Gasteiger partial charge is 0.382 e. The summed E-state index contributed by atoms with van der Waals surface area (Å²) in [5.41, 5.74) is 0.815. The second-order valence-electron chi connectivity index (χ2n) is 4.37. The van der Waals surface area contributed by atoms with Crippen LogP contribution in [0.3, 0.4) is 0 Å². The maximum atomic E-state index is 13.8. The molecule has 1 N–H and O–H groups in total. The third kappa shape index (κ3) is 5.15. The summed E-state index contributed by atoms with van der Waals surface area (Å²) in [6.45, 7) is 7.30. The second-order valence-corrected chi connectivity index (χ2v) is 4.37. The van der Waals surface area contributed by atoms with Gasteiger partial charge in [0.05, 0.1) is 0 Å². The van der Waals surface area contributed by atoms with Gasteiger partial charge < -0.3 is 10.1 Å². The Hall–Kier alpha value is -0.930. The minimum absolute atomic E-state index is 0.100. The highest BCUT2D eigenvalue weighted by Gasteiger charge is 2.14. The van der Waals surface area contributed by atoms with Crippen molar-refractivity contribution in [2.24, 2.45) is 0 Å². The molecule has 0 saturated heterocycles. The maximum Gasteiger partial charge on any atom is 0.126 e. The van der Waals surface area contributed by atoms with Gasteiger partial charge in [-0.15, -0.1) is 0 Å². The van der Waals surface area contributed by atoms with E-state index < -0.39 is 0 Å². The molecule has 0 bridgehead atoms. The van der Waals surface area contributed by atoms with Gasteiger partial charge in [-0.1, -0.05) is 25.1 Å². The van der Waals surface area contributed by atoms with E-state index >= 15 is 0 Å². The molecule has 0 aliphatic rings. The number of benzene rings is 1. The van der Waals surface area contributed by atoms with Crippen LogP contribution in [0.5, 0.6) is 0 Å². The van der Waals surface area contributed by atoms with E-state index in [-0.39, 0.29) is 11.7 Å². The van der Waals surface area contributed by atoms with E-state index in [0.29, 0.717) is 0 Å². The molecule has 2 nitrogen and oxygen atoms in total. The fourth-order valence-corrected chi connectivity index (χ4v) is 2.07. The third-order valence-corrected chi connectivity index (χ3v) is 3.03. The summed E-state index contributed by atoms with van der Waals surface area (Å²) in [5, 5.41) is 3.31. The van der Waals surface area contributed by atoms with Crippen molar-refractivity contribution in [3.8, 4) is 0 Å². The highest BCUT2D eigenvalue weighted by molar-refractivity contribution is 5.22. The quantitative estimate of drug-likeness (QED) is 0.682. The monoisotopic (exact) mass is 253 g/mol. The van der Waals surface area contributed by atoms with E-state index in [4.69, 9.17) is 4.74 Å². The lowest BCUT2D eigenvalue weighted by molar-refractivity contribution is 0.141. The maximum absolute atomic E-state index is 13.8. The van der Waals surface area contributed by atoms with Crippen molar-refractivity contribution in [3.63, 3.8) is 0 Å². The Morgan fingerprint density at radius 2 is 2.06 bits per heavy atom. The summed E-state index contributed by atoms with van der Waals surface area (Å²) in [6.07, 6.45) is 1.92. The number of likely N-dealkylation sites (N-methyl/N-ethyl adjacent to an activating group) is 1. The molecule has 0 aromatic heterocycles. The average Bonchev–Trinajstić information content (AvgIpc) is 2.39.